The number of hydrogen-bond acceptors (Lipinski definition) is 3. The van der Waals surface area contributed by atoms with Crippen molar-refractivity contribution in [2.45, 2.75) is 39.5 Å². The Morgan fingerprint density at radius 3 is 2.68 bits per heavy atom. The summed E-state index contributed by atoms with van der Waals surface area (Å²) in [4.78, 5) is 6.95. The minimum Gasteiger partial charge on any atom is -0.384 e. The summed E-state index contributed by atoms with van der Waals surface area (Å²) in [5.41, 5.74) is 6.85. The van der Waals surface area contributed by atoms with Crippen LogP contribution in [-0.4, -0.2) is 29.5 Å². The van der Waals surface area contributed by atoms with Crippen molar-refractivity contribution in [2.75, 3.05) is 25.4 Å². The van der Waals surface area contributed by atoms with Crippen LogP contribution in [0.3, 0.4) is 0 Å². The Hall–Kier alpha value is -1.09. The molecular weight excluding hydrogens is 234 g/mol. The molecule has 0 aliphatic carbocycles. The third-order valence-corrected chi connectivity index (χ3v) is 3.88. The zero-order valence-corrected chi connectivity index (χ0v) is 12.2. The lowest BCUT2D eigenvalue weighted by atomic mass is 9.91. The second kappa shape index (κ2) is 6.90. The van der Waals surface area contributed by atoms with Gasteiger partial charge in [-0.1, -0.05) is 19.9 Å². The number of nitrogens with zero attached hydrogens (tertiary/aromatic N) is 2. The molecule has 3 nitrogen and oxygen atoms in total. The molecule has 2 heterocycles. The second-order valence-corrected chi connectivity index (χ2v) is 6.02. The van der Waals surface area contributed by atoms with Crippen LogP contribution in [0.4, 0.5) is 5.82 Å². The number of hydrogen-bond donors (Lipinski definition) is 1. The van der Waals surface area contributed by atoms with Crippen molar-refractivity contribution in [1.82, 2.24) is 9.88 Å². The molecule has 1 aromatic rings. The van der Waals surface area contributed by atoms with Gasteiger partial charge in [-0.15, -0.1) is 0 Å². The van der Waals surface area contributed by atoms with E-state index in [9.17, 15) is 0 Å². The predicted octanol–water partition coefficient (Wildman–Crippen LogP) is 2.92. The van der Waals surface area contributed by atoms with Crippen molar-refractivity contribution < 1.29 is 0 Å². The predicted molar refractivity (Wildman–Crippen MR) is 80.7 cm³/mol. The highest BCUT2D eigenvalue weighted by molar-refractivity contribution is 5.28. The average Bonchev–Trinajstić information content (AvgIpc) is 2.37. The minimum atomic E-state index is 0.640. The largest absolute Gasteiger partial charge is 0.384 e. The number of nitrogens with two attached hydrogens (primary N) is 1. The maximum atomic E-state index is 5.71. The summed E-state index contributed by atoms with van der Waals surface area (Å²) in [6, 6.07) is 5.94. The number of rotatable bonds is 5. The summed E-state index contributed by atoms with van der Waals surface area (Å²) in [6.07, 6.45) is 4.97. The van der Waals surface area contributed by atoms with Gasteiger partial charge in [0.05, 0.1) is 0 Å². The van der Waals surface area contributed by atoms with E-state index in [1.807, 2.05) is 12.1 Å². The number of aromatic nitrogens is 1. The van der Waals surface area contributed by atoms with E-state index >= 15 is 0 Å². The van der Waals surface area contributed by atoms with Crippen LogP contribution in [0.15, 0.2) is 18.2 Å². The molecule has 0 aromatic carbocycles. The first-order valence-electron chi connectivity index (χ1n) is 7.36. The maximum absolute atomic E-state index is 5.71. The molecule has 0 atom stereocenters. The summed E-state index contributed by atoms with van der Waals surface area (Å²) < 4.78 is 0. The molecule has 0 bridgehead atoms. The standard InChI is InChI=1S/C16H26N3/c1-13(2)12-19-10-8-14(9-11-19)6-7-15-4-3-5-16(17)18-15/h3-5,14H,6-12H2,1-2H3,(H2,17,18). The Bertz CT molecular complexity index is 381. The molecule has 1 aliphatic heterocycles. The molecule has 1 aliphatic rings. The quantitative estimate of drug-likeness (QED) is 0.885. The van der Waals surface area contributed by atoms with Crippen LogP contribution in [0.2, 0.25) is 0 Å². The smallest absolute Gasteiger partial charge is 0.123 e. The van der Waals surface area contributed by atoms with Gasteiger partial charge in [-0.2, -0.15) is 0 Å². The molecule has 2 rings (SSSR count). The summed E-state index contributed by atoms with van der Waals surface area (Å²) in [5, 5.41) is 0. The number of piperidine rings is 1. The molecule has 0 unspecified atom stereocenters. The normalized spacial score (nSPS) is 18.1. The van der Waals surface area contributed by atoms with Gasteiger partial charge in [-0.25, -0.2) is 4.98 Å². The summed E-state index contributed by atoms with van der Waals surface area (Å²) in [7, 11) is 0. The van der Waals surface area contributed by atoms with Gasteiger partial charge in [0.2, 0.25) is 0 Å². The first-order valence-corrected chi connectivity index (χ1v) is 7.36. The first-order chi connectivity index (χ1) is 9.13. The highest BCUT2D eigenvalue weighted by atomic mass is 15.1. The number of likely N-dealkylation sites (tertiary alicyclic amines) is 1. The van der Waals surface area contributed by atoms with Crippen LogP contribution < -0.4 is 5.73 Å². The van der Waals surface area contributed by atoms with E-state index < -0.39 is 0 Å². The Labute approximate surface area is 117 Å². The molecule has 3 heteroatoms. The van der Waals surface area contributed by atoms with Crippen LogP contribution >= 0.6 is 0 Å². The fourth-order valence-corrected chi connectivity index (χ4v) is 2.87. The van der Waals surface area contributed by atoms with Crippen molar-refractivity contribution >= 4 is 5.82 Å². The van der Waals surface area contributed by atoms with Gasteiger partial charge in [0.15, 0.2) is 0 Å². The summed E-state index contributed by atoms with van der Waals surface area (Å²) in [5.74, 6) is 3.01. The van der Waals surface area contributed by atoms with Crippen LogP contribution in [-0.2, 0) is 6.42 Å². The highest BCUT2D eigenvalue weighted by Gasteiger charge is 2.19. The number of nitrogen functional groups attached to an aromatic ring is 1. The van der Waals surface area contributed by atoms with E-state index in [-0.39, 0.29) is 0 Å². The zero-order chi connectivity index (χ0) is 13.7. The monoisotopic (exact) mass is 260 g/mol. The Kier molecular flexibility index (Phi) is 5.20. The average molecular weight is 260 g/mol. The molecule has 0 saturated carbocycles. The molecule has 1 fully saturated rings. The number of anilines is 1. The first kappa shape index (κ1) is 14.3. The third-order valence-electron chi connectivity index (χ3n) is 3.88. The fourth-order valence-electron chi connectivity index (χ4n) is 2.87. The molecular formula is C16H26N3. The van der Waals surface area contributed by atoms with E-state index in [2.05, 4.69) is 29.8 Å². The molecule has 0 amide bonds. The maximum Gasteiger partial charge on any atom is 0.123 e. The molecule has 2 N–H and O–H groups in total. The van der Waals surface area contributed by atoms with Crippen molar-refractivity contribution in [1.29, 1.82) is 0 Å². The molecule has 0 spiro atoms. The lowest BCUT2D eigenvalue weighted by molar-refractivity contribution is 0.185. The highest BCUT2D eigenvalue weighted by Crippen LogP contribution is 2.22. The van der Waals surface area contributed by atoms with Gasteiger partial charge < -0.3 is 10.6 Å². The van der Waals surface area contributed by atoms with Gasteiger partial charge in [-0.3, -0.25) is 0 Å². The molecule has 1 saturated heterocycles. The van der Waals surface area contributed by atoms with Crippen molar-refractivity contribution in [3.8, 4) is 0 Å². The molecule has 1 aromatic heterocycles. The van der Waals surface area contributed by atoms with Crippen LogP contribution in [0.5, 0.6) is 0 Å². The molecule has 1 radical (unpaired) electrons. The van der Waals surface area contributed by atoms with Crippen molar-refractivity contribution in [2.24, 2.45) is 5.92 Å². The van der Waals surface area contributed by atoms with Crippen molar-refractivity contribution in [3.05, 3.63) is 29.8 Å². The minimum absolute atomic E-state index is 0.640. The van der Waals surface area contributed by atoms with Gasteiger partial charge in [0, 0.05) is 12.2 Å². The van der Waals surface area contributed by atoms with Gasteiger partial charge in [-0.05, 0) is 62.7 Å². The van der Waals surface area contributed by atoms with Gasteiger partial charge >= 0.3 is 0 Å². The molecule has 19 heavy (non-hydrogen) atoms. The fraction of sp³-hybridized carbons (Fsp3) is 0.625. The SMILES string of the molecule is C[C](C)CN1CCC(CCc2cccc(N)n2)CC1. The summed E-state index contributed by atoms with van der Waals surface area (Å²) in [6.45, 7) is 8.11. The zero-order valence-electron chi connectivity index (χ0n) is 12.2. The summed E-state index contributed by atoms with van der Waals surface area (Å²) >= 11 is 0. The lowest BCUT2D eigenvalue weighted by Gasteiger charge is -2.32. The topological polar surface area (TPSA) is 42.1 Å². The Balaban J connectivity index is 1.71. The Morgan fingerprint density at radius 2 is 2.05 bits per heavy atom. The third kappa shape index (κ3) is 4.83. The number of aryl methyl sites for hydroxylation is 1. The van der Waals surface area contributed by atoms with E-state index in [1.165, 1.54) is 44.8 Å². The van der Waals surface area contributed by atoms with Crippen LogP contribution in [0, 0.1) is 11.8 Å². The molecule has 105 valence electrons. The van der Waals surface area contributed by atoms with Crippen molar-refractivity contribution in [3.63, 3.8) is 0 Å². The van der Waals surface area contributed by atoms with E-state index in [0.717, 1.165) is 18.0 Å². The van der Waals surface area contributed by atoms with E-state index in [4.69, 9.17) is 5.73 Å². The van der Waals surface area contributed by atoms with E-state index in [0.29, 0.717) is 5.82 Å². The second-order valence-electron chi connectivity index (χ2n) is 6.02. The van der Waals surface area contributed by atoms with Gasteiger partial charge in [0.25, 0.3) is 0 Å². The number of pyridine rings is 1. The van der Waals surface area contributed by atoms with Gasteiger partial charge in [0.1, 0.15) is 5.82 Å². The van der Waals surface area contributed by atoms with E-state index in [1.54, 1.807) is 0 Å². The Morgan fingerprint density at radius 1 is 1.32 bits per heavy atom. The van der Waals surface area contributed by atoms with Crippen LogP contribution in [0.1, 0.15) is 38.8 Å². The lowest BCUT2D eigenvalue weighted by Crippen LogP contribution is -2.35. The van der Waals surface area contributed by atoms with Crippen LogP contribution in [0.25, 0.3) is 0 Å².